The van der Waals surface area contributed by atoms with Crippen LogP contribution in [0.15, 0.2) is 29.3 Å². The lowest BCUT2D eigenvalue weighted by Crippen LogP contribution is -2.09. The number of nitrogen functional groups attached to an aromatic ring is 1. The molecule has 0 aliphatic rings. The highest BCUT2D eigenvalue weighted by molar-refractivity contribution is 6.25. The lowest BCUT2D eigenvalue weighted by molar-refractivity contribution is 0.354. The van der Waals surface area contributed by atoms with E-state index in [1.807, 2.05) is 44.1 Å². The van der Waals surface area contributed by atoms with Crippen molar-refractivity contribution in [3.63, 3.8) is 0 Å². The molecule has 0 amide bonds. The number of hydrogen-bond donors (Lipinski definition) is 1. The first kappa shape index (κ1) is 12.7. The summed E-state index contributed by atoms with van der Waals surface area (Å²) in [4.78, 5) is 2.00. The fourth-order valence-corrected chi connectivity index (χ4v) is 1.21. The second kappa shape index (κ2) is 5.66. The average molecular weight is 241 g/mol. The van der Waals surface area contributed by atoms with Crippen molar-refractivity contribution in [3.8, 4) is 5.75 Å². The van der Waals surface area contributed by atoms with Crippen molar-refractivity contribution >= 4 is 23.0 Å². The summed E-state index contributed by atoms with van der Waals surface area (Å²) >= 11 is 5.56. The summed E-state index contributed by atoms with van der Waals surface area (Å²) in [6, 6.07) is 5.70. The Kier molecular flexibility index (Phi) is 4.50. The van der Waals surface area contributed by atoms with Gasteiger partial charge in [-0.05, 0) is 24.6 Å². The summed E-state index contributed by atoms with van der Waals surface area (Å²) in [6.07, 6.45) is 0. The summed E-state index contributed by atoms with van der Waals surface area (Å²) in [5, 5.41) is 0. The quantitative estimate of drug-likeness (QED) is 0.823. The van der Waals surface area contributed by atoms with Gasteiger partial charge >= 0.3 is 0 Å². The van der Waals surface area contributed by atoms with E-state index in [9.17, 15) is 0 Å². The van der Waals surface area contributed by atoms with E-state index in [2.05, 4.69) is 0 Å². The zero-order valence-corrected chi connectivity index (χ0v) is 10.6. The van der Waals surface area contributed by atoms with Gasteiger partial charge in [0.25, 0.3) is 0 Å². The monoisotopic (exact) mass is 240 g/mol. The summed E-state index contributed by atoms with van der Waals surface area (Å²) < 4.78 is 5.58. The van der Waals surface area contributed by atoms with Crippen LogP contribution in [0.3, 0.4) is 0 Å². The van der Waals surface area contributed by atoms with Gasteiger partial charge in [0, 0.05) is 31.4 Å². The Morgan fingerprint density at radius 3 is 2.75 bits per heavy atom. The van der Waals surface area contributed by atoms with Crippen LogP contribution < -0.4 is 15.4 Å². The number of nitrogens with two attached hydrogens (primary N) is 1. The molecule has 0 heterocycles. The molecule has 0 aliphatic carbocycles. The normalized spacial score (nSPS) is 11.4. The first-order chi connectivity index (χ1) is 7.54. The van der Waals surface area contributed by atoms with E-state index in [4.69, 9.17) is 22.1 Å². The molecule has 0 aromatic heterocycles. The second-order valence-electron chi connectivity index (χ2n) is 3.86. The Labute approximate surface area is 101 Å². The molecule has 1 rings (SSSR count). The molecule has 0 bridgehead atoms. The highest BCUT2D eigenvalue weighted by Gasteiger charge is 2.03. The van der Waals surface area contributed by atoms with Gasteiger partial charge in [-0.15, -0.1) is 0 Å². The van der Waals surface area contributed by atoms with Crippen molar-refractivity contribution in [1.82, 2.24) is 0 Å². The number of halogens is 1. The van der Waals surface area contributed by atoms with Crippen molar-refractivity contribution in [2.75, 3.05) is 31.3 Å². The smallest absolute Gasteiger partial charge is 0.144 e. The molecule has 0 saturated heterocycles. The molecule has 16 heavy (non-hydrogen) atoms. The summed E-state index contributed by atoms with van der Waals surface area (Å²) in [5.41, 5.74) is 9.97. The van der Waals surface area contributed by atoms with Gasteiger partial charge in [0.05, 0.1) is 5.69 Å². The van der Waals surface area contributed by atoms with Crippen LogP contribution in [0, 0.1) is 0 Å². The molecule has 2 N–H and O–H groups in total. The lowest BCUT2D eigenvalue weighted by atomic mass is 10.2. The topological polar surface area (TPSA) is 38.5 Å². The van der Waals surface area contributed by atoms with Gasteiger partial charge in [-0.25, -0.2) is 0 Å². The predicted molar refractivity (Wildman–Crippen MR) is 70.3 cm³/mol. The van der Waals surface area contributed by atoms with Gasteiger partial charge in [-0.2, -0.15) is 0 Å². The number of rotatable bonds is 4. The Balaban J connectivity index is 2.82. The number of anilines is 2. The van der Waals surface area contributed by atoms with Crippen LogP contribution in [0.4, 0.5) is 11.4 Å². The third-order valence-electron chi connectivity index (χ3n) is 2.16. The highest BCUT2D eigenvalue weighted by atomic mass is 35.5. The van der Waals surface area contributed by atoms with Crippen LogP contribution in [0.5, 0.6) is 5.75 Å². The maximum absolute atomic E-state index is 5.82. The number of hydrogen-bond acceptors (Lipinski definition) is 3. The zero-order valence-electron chi connectivity index (χ0n) is 9.83. The molecule has 0 aliphatic heterocycles. The van der Waals surface area contributed by atoms with E-state index in [0.29, 0.717) is 18.0 Å². The first-order valence-electron chi connectivity index (χ1n) is 5.00. The minimum atomic E-state index is 0.449. The molecule has 1 aromatic rings. The minimum absolute atomic E-state index is 0.449. The molecule has 1 aromatic carbocycles. The summed E-state index contributed by atoms with van der Waals surface area (Å²) in [6.45, 7) is 2.35. The fraction of sp³-hybridized carbons (Fsp3) is 0.333. The third-order valence-corrected chi connectivity index (χ3v) is 2.53. The molecular formula is C12H17ClN2O. The average Bonchev–Trinajstić information content (AvgIpc) is 2.27. The van der Waals surface area contributed by atoms with Gasteiger partial charge in [-0.1, -0.05) is 11.6 Å². The maximum atomic E-state index is 5.82. The molecule has 4 heteroatoms. The molecule has 88 valence electrons. The van der Waals surface area contributed by atoms with E-state index in [1.54, 1.807) is 0 Å². The SMILES string of the molecule is C/C(=C\Cl)COc1cc(N(C)C)ccc1N. The van der Waals surface area contributed by atoms with Crippen LogP contribution in [-0.4, -0.2) is 20.7 Å². The third kappa shape index (κ3) is 3.35. The Hall–Kier alpha value is -1.35. The number of nitrogens with zero attached hydrogens (tertiary/aromatic N) is 1. The highest BCUT2D eigenvalue weighted by Crippen LogP contribution is 2.27. The van der Waals surface area contributed by atoms with Crippen LogP contribution in [-0.2, 0) is 0 Å². The first-order valence-corrected chi connectivity index (χ1v) is 5.43. The largest absolute Gasteiger partial charge is 0.487 e. The van der Waals surface area contributed by atoms with E-state index < -0.39 is 0 Å². The molecule has 0 radical (unpaired) electrons. The van der Waals surface area contributed by atoms with Crippen molar-refractivity contribution in [3.05, 3.63) is 29.3 Å². The Morgan fingerprint density at radius 2 is 2.19 bits per heavy atom. The standard InChI is InChI=1S/C12H17ClN2O/c1-9(7-13)8-16-12-6-10(15(2)3)4-5-11(12)14/h4-7H,8,14H2,1-3H3/b9-7+. The molecule has 0 saturated carbocycles. The molecule has 0 atom stereocenters. The van der Waals surface area contributed by atoms with Crippen molar-refractivity contribution in [1.29, 1.82) is 0 Å². The molecular weight excluding hydrogens is 224 g/mol. The van der Waals surface area contributed by atoms with Crippen LogP contribution in [0.2, 0.25) is 0 Å². The fourth-order valence-electron chi connectivity index (χ4n) is 1.15. The van der Waals surface area contributed by atoms with E-state index in [1.165, 1.54) is 5.54 Å². The van der Waals surface area contributed by atoms with E-state index in [-0.39, 0.29) is 0 Å². The van der Waals surface area contributed by atoms with Gasteiger partial charge in [0.1, 0.15) is 12.4 Å². The van der Waals surface area contributed by atoms with Crippen molar-refractivity contribution in [2.24, 2.45) is 0 Å². The molecule has 0 spiro atoms. The van der Waals surface area contributed by atoms with Crippen molar-refractivity contribution in [2.45, 2.75) is 6.92 Å². The maximum Gasteiger partial charge on any atom is 0.144 e. The van der Waals surface area contributed by atoms with Crippen LogP contribution in [0.25, 0.3) is 0 Å². The van der Waals surface area contributed by atoms with Crippen molar-refractivity contribution < 1.29 is 4.74 Å². The zero-order chi connectivity index (χ0) is 12.1. The number of benzene rings is 1. The Morgan fingerprint density at radius 1 is 1.50 bits per heavy atom. The van der Waals surface area contributed by atoms with Crippen LogP contribution >= 0.6 is 11.6 Å². The Bertz CT molecular complexity index is 389. The van der Waals surface area contributed by atoms with Gasteiger partial charge in [-0.3, -0.25) is 0 Å². The predicted octanol–water partition coefficient (Wildman–Crippen LogP) is 2.86. The summed E-state index contributed by atoms with van der Waals surface area (Å²) in [7, 11) is 3.94. The van der Waals surface area contributed by atoms with E-state index in [0.717, 1.165) is 11.3 Å². The molecule has 0 unspecified atom stereocenters. The van der Waals surface area contributed by atoms with Gasteiger partial charge < -0.3 is 15.4 Å². The van der Waals surface area contributed by atoms with Gasteiger partial charge in [0.2, 0.25) is 0 Å². The van der Waals surface area contributed by atoms with Gasteiger partial charge in [0.15, 0.2) is 0 Å². The second-order valence-corrected chi connectivity index (χ2v) is 4.08. The lowest BCUT2D eigenvalue weighted by Gasteiger charge is -2.15. The molecule has 3 nitrogen and oxygen atoms in total. The summed E-state index contributed by atoms with van der Waals surface area (Å²) in [5.74, 6) is 0.684. The minimum Gasteiger partial charge on any atom is -0.487 e. The van der Waals surface area contributed by atoms with Crippen LogP contribution in [0.1, 0.15) is 6.92 Å². The number of ether oxygens (including phenoxy) is 1. The molecule has 0 fully saturated rings. The van der Waals surface area contributed by atoms with E-state index >= 15 is 0 Å².